The van der Waals surface area contributed by atoms with Gasteiger partial charge in [-0.2, -0.15) is 0 Å². The molecule has 0 aliphatic heterocycles. The van der Waals surface area contributed by atoms with Crippen LogP contribution in [-0.4, -0.2) is 11.9 Å². The quantitative estimate of drug-likeness (QED) is 0.777. The lowest BCUT2D eigenvalue weighted by Crippen LogP contribution is -2.38. The van der Waals surface area contributed by atoms with Crippen molar-refractivity contribution in [1.82, 2.24) is 0 Å². The second kappa shape index (κ2) is 4.82. The minimum absolute atomic E-state index is 0.0571. The van der Waals surface area contributed by atoms with E-state index in [-0.39, 0.29) is 5.92 Å². The van der Waals surface area contributed by atoms with E-state index in [0.717, 1.165) is 0 Å². The summed E-state index contributed by atoms with van der Waals surface area (Å²) in [5.74, 6) is -0.447. The number of hydrogen-bond acceptors (Lipinski definition) is 2. The van der Waals surface area contributed by atoms with E-state index in [2.05, 4.69) is 0 Å². The molecular weight excluding hydrogens is 223 g/mol. The maximum atomic E-state index is 10.7. The van der Waals surface area contributed by atoms with Gasteiger partial charge in [0.2, 0.25) is 5.91 Å². The Balaban J connectivity index is 2.57. The van der Waals surface area contributed by atoms with Crippen LogP contribution in [0.5, 0.6) is 0 Å². The number of hydrogen-bond donors (Lipinski definition) is 2. The van der Waals surface area contributed by atoms with E-state index in [9.17, 15) is 4.79 Å². The Morgan fingerprint density at radius 1 is 1.64 bits per heavy atom. The average Bonchev–Trinajstić information content (AvgIpc) is 2.09. The van der Waals surface area contributed by atoms with E-state index in [1.165, 1.54) is 0 Å². The highest BCUT2D eigenvalue weighted by molar-refractivity contribution is 6.35. The van der Waals surface area contributed by atoms with E-state index >= 15 is 0 Å². The van der Waals surface area contributed by atoms with Gasteiger partial charge < -0.3 is 11.5 Å². The largest absolute Gasteiger partial charge is 0.368 e. The summed E-state index contributed by atoms with van der Waals surface area (Å²) in [7, 11) is 0. The van der Waals surface area contributed by atoms with Crippen LogP contribution in [0.1, 0.15) is 12.8 Å². The summed E-state index contributed by atoms with van der Waals surface area (Å²) in [5, 5.41) is 1.26. The number of primary amides is 1. The van der Waals surface area contributed by atoms with Crippen LogP contribution in [0, 0.1) is 5.92 Å². The fourth-order valence-electron chi connectivity index (χ4n) is 1.31. The van der Waals surface area contributed by atoms with Crippen molar-refractivity contribution in [2.75, 3.05) is 0 Å². The van der Waals surface area contributed by atoms with Crippen molar-refractivity contribution < 1.29 is 4.79 Å². The molecule has 0 fully saturated rings. The molecule has 14 heavy (non-hydrogen) atoms. The van der Waals surface area contributed by atoms with Crippen LogP contribution in [0.2, 0.25) is 0 Å². The Kier molecular flexibility index (Phi) is 3.98. The Morgan fingerprint density at radius 3 is 2.79 bits per heavy atom. The molecule has 0 aromatic rings. The van der Waals surface area contributed by atoms with Gasteiger partial charge in [0.15, 0.2) is 0 Å². The Bertz CT molecular complexity index is 299. The topological polar surface area (TPSA) is 69.1 Å². The van der Waals surface area contributed by atoms with Crippen LogP contribution in [0.25, 0.3) is 0 Å². The van der Waals surface area contributed by atoms with Gasteiger partial charge in [-0.3, -0.25) is 4.79 Å². The van der Waals surface area contributed by atoms with Crippen LogP contribution in [0.15, 0.2) is 22.2 Å². The predicted molar refractivity (Wildman–Crippen MR) is 57.8 cm³/mol. The lowest BCUT2D eigenvalue weighted by molar-refractivity contribution is -0.119. The summed E-state index contributed by atoms with van der Waals surface area (Å²) in [6.07, 6.45) is 4.69. The van der Waals surface area contributed by atoms with E-state index in [1.54, 1.807) is 6.08 Å². The van der Waals surface area contributed by atoms with Gasteiger partial charge in [-0.15, -0.1) is 0 Å². The molecule has 78 valence electrons. The minimum atomic E-state index is -0.646. The molecule has 2 atom stereocenters. The second-order valence-electron chi connectivity index (χ2n) is 3.30. The minimum Gasteiger partial charge on any atom is -0.368 e. The molecule has 0 saturated heterocycles. The normalized spacial score (nSPS) is 23.8. The van der Waals surface area contributed by atoms with Crippen LogP contribution in [0.4, 0.5) is 0 Å². The number of allylic oxidation sites excluding steroid dienone is 4. The molecule has 0 radical (unpaired) electrons. The van der Waals surface area contributed by atoms with Gasteiger partial charge in [0.1, 0.15) is 0 Å². The highest BCUT2D eigenvalue weighted by atomic mass is 35.5. The Labute approximate surface area is 92.7 Å². The fraction of sp³-hybridized carbons (Fsp3) is 0.444. The molecule has 1 aliphatic carbocycles. The molecule has 0 bridgehead atoms. The zero-order chi connectivity index (χ0) is 10.7. The summed E-state index contributed by atoms with van der Waals surface area (Å²) in [6.45, 7) is 0. The molecule has 5 heteroatoms. The van der Waals surface area contributed by atoms with E-state index in [4.69, 9.17) is 34.7 Å². The van der Waals surface area contributed by atoms with Crippen molar-refractivity contribution in [2.24, 2.45) is 17.4 Å². The van der Waals surface area contributed by atoms with Crippen LogP contribution < -0.4 is 11.5 Å². The number of halogens is 2. The van der Waals surface area contributed by atoms with Crippen molar-refractivity contribution >= 4 is 29.1 Å². The standard InChI is InChI=1S/C9H12Cl2N2O/c10-6-2-1-5(7(11)4-6)3-8(12)9(13)14/h2,4-5,8H,1,3,12H2,(H2,13,14). The number of carbonyl (C=O) groups excluding carboxylic acids is 1. The van der Waals surface area contributed by atoms with E-state index in [0.29, 0.717) is 22.9 Å². The molecule has 0 heterocycles. The molecule has 0 spiro atoms. The molecule has 1 aliphatic rings. The highest BCUT2D eigenvalue weighted by Gasteiger charge is 2.21. The third-order valence-corrected chi connectivity index (χ3v) is 2.85. The smallest absolute Gasteiger partial charge is 0.234 e. The lowest BCUT2D eigenvalue weighted by atomic mass is 9.93. The first-order chi connectivity index (χ1) is 6.50. The third-order valence-electron chi connectivity index (χ3n) is 2.17. The Morgan fingerprint density at radius 2 is 2.29 bits per heavy atom. The molecular formula is C9H12Cl2N2O. The van der Waals surface area contributed by atoms with Crippen LogP contribution in [-0.2, 0) is 4.79 Å². The summed E-state index contributed by atoms with van der Waals surface area (Å²) in [5.41, 5.74) is 10.6. The fourth-order valence-corrected chi connectivity index (χ4v) is 1.87. The molecule has 1 rings (SSSR count). The van der Waals surface area contributed by atoms with Crippen molar-refractivity contribution in [3.8, 4) is 0 Å². The number of rotatable bonds is 3. The van der Waals surface area contributed by atoms with Gasteiger partial charge in [0.05, 0.1) is 6.04 Å². The maximum absolute atomic E-state index is 10.7. The molecule has 3 nitrogen and oxygen atoms in total. The molecule has 1 amide bonds. The van der Waals surface area contributed by atoms with Gasteiger partial charge in [-0.1, -0.05) is 29.3 Å². The molecule has 0 saturated carbocycles. The van der Waals surface area contributed by atoms with Gasteiger partial charge in [0.25, 0.3) is 0 Å². The summed E-state index contributed by atoms with van der Waals surface area (Å²) in [6, 6.07) is -0.646. The summed E-state index contributed by atoms with van der Waals surface area (Å²) < 4.78 is 0. The SMILES string of the molecule is NC(=O)C(N)CC1CC=C(Cl)C=C1Cl. The van der Waals surface area contributed by atoms with Crippen molar-refractivity contribution in [3.05, 3.63) is 22.2 Å². The third kappa shape index (κ3) is 3.01. The maximum Gasteiger partial charge on any atom is 0.234 e. The lowest BCUT2D eigenvalue weighted by Gasteiger charge is -2.20. The summed E-state index contributed by atoms with van der Waals surface area (Å²) >= 11 is 11.7. The zero-order valence-electron chi connectivity index (χ0n) is 7.54. The summed E-state index contributed by atoms with van der Waals surface area (Å²) in [4.78, 5) is 10.7. The number of amides is 1. The van der Waals surface area contributed by atoms with Gasteiger partial charge >= 0.3 is 0 Å². The van der Waals surface area contributed by atoms with Crippen LogP contribution >= 0.6 is 23.2 Å². The van der Waals surface area contributed by atoms with Gasteiger partial charge in [0, 0.05) is 16.0 Å². The van der Waals surface area contributed by atoms with Crippen molar-refractivity contribution in [2.45, 2.75) is 18.9 Å². The van der Waals surface area contributed by atoms with Crippen molar-refractivity contribution in [3.63, 3.8) is 0 Å². The first-order valence-electron chi connectivity index (χ1n) is 4.28. The van der Waals surface area contributed by atoms with E-state index < -0.39 is 11.9 Å². The molecule has 2 unspecified atom stereocenters. The van der Waals surface area contributed by atoms with E-state index in [1.807, 2.05) is 6.08 Å². The zero-order valence-corrected chi connectivity index (χ0v) is 9.05. The monoisotopic (exact) mass is 234 g/mol. The Hall–Kier alpha value is -0.510. The first kappa shape index (κ1) is 11.6. The first-order valence-corrected chi connectivity index (χ1v) is 5.04. The van der Waals surface area contributed by atoms with Crippen LogP contribution in [0.3, 0.4) is 0 Å². The van der Waals surface area contributed by atoms with Crippen molar-refractivity contribution in [1.29, 1.82) is 0 Å². The molecule has 4 N–H and O–H groups in total. The molecule has 0 aromatic heterocycles. The van der Waals surface area contributed by atoms with Gasteiger partial charge in [-0.25, -0.2) is 0 Å². The second-order valence-corrected chi connectivity index (χ2v) is 4.17. The molecule has 0 aromatic carbocycles. The predicted octanol–water partition coefficient (Wildman–Crippen LogP) is 1.45. The average molecular weight is 235 g/mol. The van der Waals surface area contributed by atoms with Gasteiger partial charge in [-0.05, 0) is 18.9 Å². The highest BCUT2D eigenvalue weighted by Crippen LogP contribution is 2.31. The number of nitrogens with two attached hydrogens (primary N) is 2. The number of carbonyl (C=O) groups is 1.